The van der Waals surface area contributed by atoms with Crippen molar-refractivity contribution in [1.82, 2.24) is 20.2 Å². The molecule has 0 aromatic carbocycles. The average molecular weight is 252 g/mol. The Hall–Kier alpha value is -1.36. The number of nitrogens with zero attached hydrogens (tertiary/aromatic N) is 3. The summed E-state index contributed by atoms with van der Waals surface area (Å²) in [7, 11) is 0. The normalized spacial score (nSPS) is 15.4. The van der Waals surface area contributed by atoms with E-state index in [4.69, 9.17) is 11.6 Å². The fourth-order valence-corrected chi connectivity index (χ4v) is 2.12. The van der Waals surface area contributed by atoms with Crippen molar-refractivity contribution in [3.05, 3.63) is 11.5 Å². The number of H-pyrrole nitrogens is 1. The lowest BCUT2D eigenvalue weighted by molar-refractivity contribution is 0.687. The fourth-order valence-electron chi connectivity index (χ4n) is 1.95. The van der Waals surface area contributed by atoms with Crippen LogP contribution in [0.5, 0.6) is 0 Å². The van der Waals surface area contributed by atoms with Crippen LogP contribution in [0.4, 0.5) is 5.82 Å². The van der Waals surface area contributed by atoms with Crippen molar-refractivity contribution in [1.29, 1.82) is 0 Å². The van der Waals surface area contributed by atoms with Crippen molar-refractivity contribution >= 4 is 28.5 Å². The molecule has 1 aliphatic carbocycles. The SMILES string of the molecule is Clc1nc(NCCCC2CC2)c2cn[nH]c2n1. The molecular formula is C11H14ClN5. The summed E-state index contributed by atoms with van der Waals surface area (Å²) in [5.41, 5.74) is 0.676. The molecule has 3 rings (SSSR count). The van der Waals surface area contributed by atoms with Gasteiger partial charge in [0.1, 0.15) is 5.82 Å². The first-order chi connectivity index (χ1) is 8.33. The molecule has 2 aromatic rings. The van der Waals surface area contributed by atoms with Crippen molar-refractivity contribution in [3.63, 3.8) is 0 Å². The minimum Gasteiger partial charge on any atom is -0.369 e. The summed E-state index contributed by atoms with van der Waals surface area (Å²) in [5, 5.41) is 11.2. The third-order valence-corrected chi connectivity index (χ3v) is 3.23. The number of rotatable bonds is 5. The largest absolute Gasteiger partial charge is 0.369 e. The molecule has 1 aliphatic rings. The Morgan fingerprint density at radius 1 is 1.41 bits per heavy atom. The van der Waals surface area contributed by atoms with Crippen LogP contribution >= 0.6 is 11.6 Å². The highest BCUT2D eigenvalue weighted by molar-refractivity contribution is 6.28. The van der Waals surface area contributed by atoms with Gasteiger partial charge in [0.15, 0.2) is 5.65 Å². The highest BCUT2D eigenvalue weighted by Crippen LogP contribution is 2.33. The Labute approximate surface area is 104 Å². The third kappa shape index (κ3) is 2.49. The van der Waals surface area contributed by atoms with E-state index in [0.29, 0.717) is 5.65 Å². The van der Waals surface area contributed by atoms with Gasteiger partial charge >= 0.3 is 0 Å². The number of nitrogens with one attached hydrogen (secondary N) is 2. The third-order valence-electron chi connectivity index (χ3n) is 3.06. The number of hydrogen-bond donors (Lipinski definition) is 2. The van der Waals surface area contributed by atoms with Crippen LogP contribution in [0.2, 0.25) is 5.28 Å². The van der Waals surface area contributed by atoms with Gasteiger partial charge in [-0.25, -0.2) is 0 Å². The quantitative estimate of drug-likeness (QED) is 0.633. The molecule has 2 N–H and O–H groups in total. The van der Waals surface area contributed by atoms with E-state index in [1.54, 1.807) is 6.20 Å². The summed E-state index contributed by atoms with van der Waals surface area (Å²) in [4.78, 5) is 8.25. The Morgan fingerprint density at radius 3 is 3.12 bits per heavy atom. The van der Waals surface area contributed by atoms with Crippen molar-refractivity contribution in [3.8, 4) is 0 Å². The first kappa shape index (κ1) is 10.8. The lowest BCUT2D eigenvalue weighted by atomic mass is 10.2. The zero-order valence-electron chi connectivity index (χ0n) is 9.41. The van der Waals surface area contributed by atoms with Gasteiger partial charge in [0.25, 0.3) is 0 Å². The molecule has 0 radical (unpaired) electrons. The van der Waals surface area contributed by atoms with Gasteiger partial charge < -0.3 is 5.32 Å². The molecule has 1 fully saturated rings. The van der Waals surface area contributed by atoms with Crippen molar-refractivity contribution < 1.29 is 0 Å². The smallest absolute Gasteiger partial charge is 0.226 e. The van der Waals surface area contributed by atoms with Crippen LogP contribution in [0, 0.1) is 5.92 Å². The molecule has 0 unspecified atom stereocenters. The summed E-state index contributed by atoms with van der Waals surface area (Å²) in [6.07, 6.45) is 7.01. The van der Waals surface area contributed by atoms with Gasteiger partial charge in [-0.2, -0.15) is 15.1 Å². The average Bonchev–Trinajstić information content (AvgIpc) is 3.01. The number of halogens is 1. The molecule has 6 heteroatoms. The van der Waals surface area contributed by atoms with E-state index in [0.717, 1.165) is 23.7 Å². The Morgan fingerprint density at radius 2 is 2.29 bits per heavy atom. The molecule has 0 aliphatic heterocycles. The summed E-state index contributed by atoms with van der Waals surface area (Å²) in [5.74, 6) is 1.74. The van der Waals surface area contributed by atoms with Crippen LogP contribution in [0.3, 0.4) is 0 Å². The summed E-state index contributed by atoms with van der Waals surface area (Å²) in [6.45, 7) is 0.921. The molecular weight excluding hydrogens is 238 g/mol. The minimum atomic E-state index is 0.242. The second-order valence-electron chi connectivity index (χ2n) is 4.49. The molecule has 17 heavy (non-hydrogen) atoms. The van der Waals surface area contributed by atoms with Gasteiger partial charge in [-0.15, -0.1) is 0 Å². The maximum atomic E-state index is 5.84. The second-order valence-corrected chi connectivity index (χ2v) is 4.82. The van der Waals surface area contributed by atoms with Crippen molar-refractivity contribution in [2.45, 2.75) is 25.7 Å². The molecule has 90 valence electrons. The van der Waals surface area contributed by atoms with Crippen LogP contribution in [0.1, 0.15) is 25.7 Å². The molecule has 0 spiro atoms. The van der Waals surface area contributed by atoms with Gasteiger partial charge in [0.05, 0.1) is 11.6 Å². The van der Waals surface area contributed by atoms with Gasteiger partial charge in [-0.3, -0.25) is 5.10 Å². The molecule has 0 saturated heterocycles. The van der Waals surface area contributed by atoms with Crippen LogP contribution in [-0.4, -0.2) is 26.7 Å². The monoisotopic (exact) mass is 251 g/mol. The zero-order chi connectivity index (χ0) is 11.7. The van der Waals surface area contributed by atoms with Gasteiger partial charge in [0, 0.05) is 6.54 Å². The predicted octanol–water partition coefficient (Wildman–Crippen LogP) is 2.61. The van der Waals surface area contributed by atoms with Gasteiger partial charge in [0.2, 0.25) is 5.28 Å². The standard InChI is InChI=1S/C11H14ClN5/c12-11-15-9(8-6-14-17-10(8)16-11)13-5-1-2-7-3-4-7/h6-7H,1-5H2,(H2,13,14,15,16,17). The maximum Gasteiger partial charge on any atom is 0.226 e. The number of fused-ring (bicyclic) bond motifs is 1. The van der Waals surface area contributed by atoms with Crippen molar-refractivity contribution in [2.24, 2.45) is 5.92 Å². The minimum absolute atomic E-state index is 0.242. The van der Waals surface area contributed by atoms with Gasteiger partial charge in [-0.05, 0) is 30.4 Å². The van der Waals surface area contributed by atoms with E-state index in [2.05, 4.69) is 25.5 Å². The first-order valence-corrected chi connectivity index (χ1v) is 6.31. The Bertz CT molecular complexity index is 520. The van der Waals surface area contributed by atoms with Gasteiger partial charge in [-0.1, -0.05) is 12.8 Å². The maximum absolute atomic E-state index is 5.84. The molecule has 1 saturated carbocycles. The lowest BCUT2D eigenvalue weighted by Gasteiger charge is -2.06. The number of aromatic nitrogens is 4. The van der Waals surface area contributed by atoms with E-state index in [9.17, 15) is 0 Å². The second kappa shape index (κ2) is 4.49. The Balaban J connectivity index is 1.67. The van der Waals surface area contributed by atoms with Crippen LogP contribution in [0.15, 0.2) is 6.20 Å². The zero-order valence-corrected chi connectivity index (χ0v) is 10.2. The molecule has 0 amide bonds. The van der Waals surface area contributed by atoms with E-state index in [1.165, 1.54) is 25.7 Å². The molecule has 2 aromatic heterocycles. The number of aromatic amines is 1. The summed E-state index contributed by atoms with van der Waals surface area (Å²) < 4.78 is 0. The molecule has 0 bridgehead atoms. The molecule has 5 nitrogen and oxygen atoms in total. The molecule has 0 atom stereocenters. The molecule has 2 heterocycles. The van der Waals surface area contributed by atoms with E-state index >= 15 is 0 Å². The fraction of sp³-hybridized carbons (Fsp3) is 0.545. The number of anilines is 1. The van der Waals surface area contributed by atoms with E-state index in [1.807, 2.05) is 0 Å². The number of hydrogen-bond acceptors (Lipinski definition) is 4. The van der Waals surface area contributed by atoms with E-state index < -0.39 is 0 Å². The van der Waals surface area contributed by atoms with Crippen LogP contribution in [0.25, 0.3) is 11.0 Å². The van der Waals surface area contributed by atoms with Crippen LogP contribution < -0.4 is 5.32 Å². The highest BCUT2D eigenvalue weighted by Gasteiger charge is 2.20. The summed E-state index contributed by atoms with van der Waals surface area (Å²) >= 11 is 5.84. The topological polar surface area (TPSA) is 66.5 Å². The predicted molar refractivity (Wildman–Crippen MR) is 67.1 cm³/mol. The van der Waals surface area contributed by atoms with Crippen molar-refractivity contribution in [2.75, 3.05) is 11.9 Å². The van der Waals surface area contributed by atoms with Crippen LogP contribution in [-0.2, 0) is 0 Å². The van der Waals surface area contributed by atoms with E-state index in [-0.39, 0.29) is 5.28 Å². The Kier molecular flexibility index (Phi) is 2.84. The first-order valence-electron chi connectivity index (χ1n) is 5.93. The lowest BCUT2D eigenvalue weighted by Crippen LogP contribution is -2.04. The highest BCUT2D eigenvalue weighted by atomic mass is 35.5. The summed E-state index contributed by atoms with van der Waals surface area (Å²) in [6, 6.07) is 0.